The van der Waals surface area contributed by atoms with Gasteiger partial charge in [-0.2, -0.15) is 0 Å². The number of aromatic nitrogens is 3. The summed E-state index contributed by atoms with van der Waals surface area (Å²) in [4.78, 5) is 26.7. The van der Waals surface area contributed by atoms with Crippen LogP contribution in [0.1, 0.15) is 53.9 Å². The Bertz CT molecular complexity index is 1040. The van der Waals surface area contributed by atoms with Crippen LogP contribution in [0.4, 0.5) is 5.82 Å². The van der Waals surface area contributed by atoms with Gasteiger partial charge in [0.2, 0.25) is 0 Å². The molecule has 2 fully saturated rings. The van der Waals surface area contributed by atoms with Crippen molar-refractivity contribution >= 4 is 33.3 Å². The smallest absolute Gasteiger partial charge is 0.259 e. The normalized spacial score (nSPS) is 22.6. The minimum absolute atomic E-state index is 0.0468. The van der Waals surface area contributed by atoms with Gasteiger partial charge in [0.25, 0.3) is 5.91 Å². The van der Waals surface area contributed by atoms with Gasteiger partial charge >= 0.3 is 0 Å². The average molecular weight is 412 g/mol. The minimum atomic E-state index is 0.0468. The molecule has 2 saturated heterocycles. The van der Waals surface area contributed by atoms with Crippen molar-refractivity contribution in [3.8, 4) is 0 Å². The number of anilines is 1. The van der Waals surface area contributed by atoms with Crippen LogP contribution in [-0.2, 0) is 0 Å². The maximum Gasteiger partial charge on any atom is 0.259 e. The number of hydrogen-bond donors (Lipinski definition) is 0. The van der Waals surface area contributed by atoms with Gasteiger partial charge in [-0.25, -0.2) is 9.97 Å². The highest BCUT2D eigenvalue weighted by Gasteiger charge is 2.43. The molecule has 29 heavy (non-hydrogen) atoms. The molecule has 7 nitrogen and oxygen atoms in total. The summed E-state index contributed by atoms with van der Waals surface area (Å²) < 4.78 is 6.39. The summed E-state index contributed by atoms with van der Waals surface area (Å²) in [6.07, 6.45) is 7.02. The first-order valence-electron chi connectivity index (χ1n) is 10.3. The SMILES string of the molecule is Cc1noc(C)c1C(=O)N1CCC[C@]2(CCCN2c2ncnc3ccsc23)CC1. The number of carbonyl (C=O) groups excluding carboxylic acids is 1. The fraction of sp³-hybridized carbons (Fsp3) is 0.524. The maximum atomic E-state index is 13.1. The largest absolute Gasteiger partial charge is 0.361 e. The molecule has 0 N–H and O–H groups in total. The van der Waals surface area contributed by atoms with Gasteiger partial charge < -0.3 is 14.3 Å². The van der Waals surface area contributed by atoms with Crippen molar-refractivity contribution in [3.05, 3.63) is 34.8 Å². The number of likely N-dealkylation sites (tertiary alicyclic amines) is 1. The Labute approximate surface area is 173 Å². The molecule has 1 amide bonds. The van der Waals surface area contributed by atoms with Crippen molar-refractivity contribution in [2.24, 2.45) is 0 Å². The monoisotopic (exact) mass is 411 g/mol. The van der Waals surface area contributed by atoms with E-state index in [2.05, 4.69) is 31.5 Å². The molecule has 1 spiro atoms. The second-order valence-corrected chi connectivity index (χ2v) is 9.07. The van der Waals surface area contributed by atoms with Gasteiger partial charge in [0.15, 0.2) is 0 Å². The predicted octanol–water partition coefficient (Wildman–Crippen LogP) is 3.96. The van der Waals surface area contributed by atoms with Crippen LogP contribution >= 0.6 is 11.3 Å². The molecule has 3 aromatic rings. The lowest BCUT2D eigenvalue weighted by molar-refractivity contribution is 0.0757. The van der Waals surface area contributed by atoms with Gasteiger partial charge in [0.1, 0.15) is 23.5 Å². The van der Waals surface area contributed by atoms with Gasteiger partial charge in [-0.15, -0.1) is 11.3 Å². The molecule has 2 aliphatic rings. The molecule has 3 aromatic heterocycles. The third-order valence-corrected chi connectivity index (χ3v) is 7.43. The highest BCUT2D eigenvalue weighted by molar-refractivity contribution is 7.17. The third kappa shape index (κ3) is 3.01. The molecule has 0 radical (unpaired) electrons. The molecule has 8 heteroatoms. The molecule has 0 aromatic carbocycles. The van der Waals surface area contributed by atoms with Gasteiger partial charge in [0, 0.05) is 25.2 Å². The van der Waals surface area contributed by atoms with Crippen LogP contribution in [0.2, 0.25) is 0 Å². The van der Waals surface area contributed by atoms with E-state index in [4.69, 9.17) is 4.52 Å². The second kappa shape index (κ2) is 7.09. The topological polar surface area (TPSA) is 75.4 Å². The first-order chi connectivity index (χ1) is 14.1. The van der Waals surface area contributed by atoms with E-state index in [1.807, 2.05) is 18.7 Å². The fourth-order valence-corrected chi connectivity index (χ4v) is 5.93. The molecule has 0 bridgehead atoms. The summed E-state index contributed by atoms with van der Waals surface area (Å²) in [5, 5.41) is 6.04. The summed E-state index contributed by atoms with van der Waals surface area (Å²) >= 11 is 1.71. The van der Waals surface area contributed by atoms with Crippen LogP contribution in [0.5, 0.6) is 0 Å². The molecule has 0 saturated carbocycles. The lowest BCUT2D eigenvalue weighted by Gasteiger charge is -2.39. The summed E-state index contributed by atoms with van der Waals surface area (Å²) in [5.41, 5.74) is 2.39. The molecule has 0 unspecified atom stereocenters. The Morgan fingerprint density at radius 1 is 1.14 bits per heavy atom. The molecule has 5 heterocycles. The molecular weight excluding hydrogens is 386 g/mol. The van der Waals surface area contributed by atoms with E-state index < -0.39 is 0 Å². The number of hydrogen-bond acceptors (Lipinski definition) is 7. The van der Waals surface area contributed by atoms with Crippen molar-refractivity contribution in [3.63, 3.8) is 0 Å². The average Bonchev–Trinajstić information content (AvgIpc) is 3.39. The Balaban J connectivity index is 1.42. The Morgan fingerprint density at radius 3 is 2.76 bits per heavy atom. The van der Waals surface area contributed by atoms with Crippen LogP contribution in [-0.4, -0.2) is 51.1 Å². The number of aryl methyl sites for hydroxylation is 2. The number of carbonyl (C=O) groups is 1. The van der Waals surface area contributed by atoms with Gasteiger partial charge in [-0.1, -0.05) is 5.16 Å². The Kier molecular flexibility index (Phi) is 4.53. The summed E-state index contributed by atoms with van der Waals surface area (Å²) in [7, 11) is 0. The summed E-state index contributed by atoms with van der Waals surface area (Å²) in [6, 6.07) is 2.06. The van der Waals surface area contributed by atoms with E-state index in [-0.39, 0.29) is 11.4 Å². The highest BCUT2D eigenvalue weighted by atomic mass is 32.1. The molecule has 2 aliphatic heterocycles. The number of fused-ring (bicyclic) bond motifs is 1. The standard InChI is InChI=1S/C21H25N5O2S/c1-14-17(15(2)28-24-14)20(27)25-9-3-6-21(8-11-25)7-4-10-26(21)19-18-16(5-12-29-18)22-13-23-19/h5,12-13H,3-4,6-11H2,1-2H3/t21-/m0/s1. The summed E-state index contributed by atoms with van der Waals surface area (Å²) in [6.45, 7) is 6.19. The van der Waals surface area contributed by atoms with Crippen molar-refractivity contribution in [1.29, 1.82) is 0 Å². The zero-order valence-corrected chi connectivity index (χ0v) is 17.7. The van der Waals surface area contributed by atoms with Crippen LogP contribution in [0.25, 0.3) is 10.2 Å². The molecule has 1 atom stereocenters. The highest BCUT2D eigenvalue weighted by Crippen LogP contribution is 2.43. The zero-order valence-electron chi connectivity index (χ0n) is 16.8. The van der Waals surface area contributed by atoms with Crippen LogP contribution in [0.15, 0.2) is 22.3 Å². The van der Waals surface area contributed by atoms with Crippen molar-refractivity contribution < 1.29 is 9.32 Å². The Morgan fingerprint density at radius 2 is 1.97 bits per heavy atom. The van der Waals surface area contributed by atoms with Crippen LogP contribution in [0, 0.1) is 13.8 Å². The quantitative estimate of drug-likeness (QED) is 0.635. The van der Waals surface area contributed by atoms with Crippen LogP contribution in [0.3, 0.4) is 0 Å². The summed E-state index contributed by atoms with van der Waals surface area (Å²) in [5.74, 6) is 1.72. The minimum Gasteiger partial charge on any atom is -0.361 e. The number of nitrogens with zero attached hydrogens (tertiary/aromatic N) is 5. The predicted molar refractivity (Wildman–Crippen MR) is 112 cm³/mol. The molecule has 5 rings (SSSR count). The molecular formula is C21H25N5O2S. The fourth-order valence-electron chi connectivity index (χ4n) is 5.09. The number of amides is 1. The number of thiophene rings is 1. The van der Waals surface area contributed by atoms with E-state index in [0.29, 0.717) is 17.0 Å². The van der Waals surface area contributed by atoms with E-state index in [1.54, 1.807) is 17.7 Å². The van der Waals surface area contributed by atoms with E-state index in [0.717, 1.165) is 63.1 Å². The van der Waals surface area contributed by atoms with Crippen molar-refractivity contribution in [2.75, 3.05) is 24.5 Å². The van der Waals surface area contributed by atoms with Crippen molar-refractivity contribution in [1.82, 2.24) is 20.0 Å². The molecule has 152 valence electrons. The van der Waals surface area contributed by atoms with Gasteiger partial charge in [-0.3, -0.25) is 4.79 Å². The second-order valence-electron chi connectivity index (χ2n) is 8.16. The number of rotatable bonds is 2. The van der Waals surface area contributed by atoms with Gasteiger partial charge in [-0.05, 0) is 57.4 Å². The first kappa shape index (κ1) is 18.5. The van der Waals surface area contributed by atoms with E-state index in [9.17, 15) is 4.79 Å². The third-order valence-electron chi connectivity index (χ3n) is 6.53. The zero-order chi connectivity index (χ0) is 20.0. The molecule has 0 aliphatic carbocycles. The maximum absolute atomic E-state index is 13.1. The van der Waals surface area contributed by atoms with E-state index in [1.165, 1.54) is 4.70 Å². The van der Waals surface area contributed by atoms with Gasteiger partial charge in [0.05, 0.1) is 15.9 Å². The van der Waals surface area contributed by atoms with E-state index >= 15 is 0 Å². The van der Waals surface area contributed by atoms with Crippen molar-refractivity contribution in [2.45, 2.75) is 51.5 Å². The Hall–Kier alpha value is -2.48. The lowest BCUT2D eigenvalue weighted by Crippen LogP contribution is -2.45. The van der Waals surface area contributed by atoms with Crippen LogP contribution < -0.4 is 4.90 Å². The first-order valence-corrected chi connectivity index (χ1v) is 11.1. The lowest BCUT2D eigenvalue weighted by atomic mass is 9.87.